The lowest BCUT2D eigenvalue weighted by Crippen LogP contribution is -2.25. The number of carboxylic acid groups (broad SMARTS) is 1. The van der Waals surface area contributed by atoms with Crippen molar-refractivity contribution in [3.05, 3.63) is 64.7 Å². The summed E-state index contributed by atoms with van der Waals surface area (Å²) in [7, 11) is 0. The van der Waals surface area contributed by atoms with Crippen molar-refractivity contribution < 1.29 is 19.1 Å². The van der Waals surface area contributed by atoms with E-state index >= 15 is 0 Å². The Morgan fingerprint density at radius 1 is 1.10 bits per heavy atom. The maximum atomic E-state index is 13.1. The minimum Gasteiger partial charge on any atom is -0.478 e. The van der Waals surface area contributed by atoms with Crippen LogP contribution in [0.3, 0.4) is 0 Å². The normalized spacial score (nSPS) is 13.1. The first-order chi connectivity index (χ1) is 10.0. The van der Waals surface area contributed by atoms with Crippen molar-refractivity contribution in [2.75, 3.05) is 0 Å². The molecule has 21 heavy (non-hydrogen) atoms. The lowest BCUT2D eigenvalue weighted by atomic mass is 10.1. The molecule has 0 saturated heterocycles. The number of carbonyl (C=O) groups excluding carboxylic acids is 1. The molecule has 1 aliphatic heterocycles. The number of fused-ring (bicyclic) bond motifs is 1. The van der Waals surface area contributed by atoms with Crippen molar-refractivity contribution in [3.8, 4) is 0 Å². The van der Waals surface area contributed by atoms with Crippen LogP contribution in [0.2, 0.25) is 0 Å². The van der Waals surface area contributed by atoms with E-state index in [4.69, 9.17) is 5.11 Å². The topological polar surface area (TPSA) is 70.5 Å². The summed E-state index contributed by atoms with van der Waals surface area (Å²) in [6, 6.07) is 5.92. The second-order valence-corrected chi connectivity index (χ2v) is 4.84. The molecule has 0 unspecified atom stereocenters. The van der Waals surface area contributed by atoms with Crippen LogP contribution in [0.4, 0.5) is 4.39 Å². The van der Waals surface area contributed by atoms with Crippen LogP contribution in [-0.4, -0.2) is 26.9 Å². The van der Waals surface area contributed by atoms with Crippen LogP contribution in [-0.2, 0) is 13.1 Å². The molecule has 6 heteroatoms. The number of hydrogen-bond acceptors (Lipinski definition) is 3. The third-order valence-electron chi connectivity index (χ3n) is 3.41. The molecule has 0 atom stereocenters. The highest BCUT2D eigenvalue weighted by Crippen LogP contribution is 2.25. The van der Waals surface area contributed by atoms with E-state index in [0.29, 0.717) is 13.1 Å². The first-order valence-corrected chi connectivity index (χ1v) is 6.29. The summed E-state index contributed by atoms with van der Waals surface area (Å²) in [4.78, 5) is 28.4. The highest BCUT2D eigenvalue weighted by molar-refractivity contribution is 5.94. The minimum absolute atomic E-state index is 0.182. The number of pyridine rings is 1. The van der Waals surface area contributed by atoms with Crippen LogP contribution in [0.15, 0.2) is 36.7 Å². The van der Waals surface area contributed by atoms with Gasteiger partial charge in [0, 0.05) is 19.3 Å². The Kier molecular flexibility index (Phi) is 3.13. The number of hydrogen-bond donors (Lipinski definition) is 1. The van der Waals surface area contributed by atoms with Gasteiger partial charge in [-0.25, -0.2) is 9.18 Å². The number of carboxylic acids is 1. The molecule has 0 radical (unpaired) electrons. The zero-order valence-electron chi connectivity index (χ0n) is 10.9. The molecule has 0 fully saturated rings. The molecule has 0 aliphatic carbocycles. The molecule has 5 nitrogen and oxygen atoms in total. The molecule has 2 aromatic rings. The van der Waals surface area contributed by atoms with Gasteiger partial charge in [0.25, 0.3) is 5.91 Å². The van der Waals surface area contributed by atoms with Gasteiger partial charge in [-0.1, -0.05) is 6.07 Å². The summed E-state index contributed by atoms with van der Waals surface area (Å²) in [6.45, 7) is 0.691. The van der Waals surface area contributed by atoms with Crippen molar-refractivity contribution in [1.29, 1.82) is 0 Å². The zero-order chi connectivity index (χ0) is 15.0. The molecule has 1 aromatic heterocycles. The van der Waals surface area contributed by atoms with E-state index in [9.17, 15) is 14.0 Å². The Morgan fingerprint density at radius 2 is 1.86 bits per heavy atom. The van der Waals surface area contributed by atoms with Gasteiger partial charge in [0.2, 0.25) is 0 Å². The van der Waals surface area contributed by atoms with Crippen molar-refractivity contribution >= 4 is 11.9 Å². The smallest absolute Gasteiger partial charge is 0.335 e. The average Bonchev–Trinajstić information content (AvgIpc) is 2.89. The number of nitrogens with zero attached hydrogens (tertiary/aromatic N) is 2. The lowest BCUT2D eigenvalue weighted by Gasteiger charge is -2.15. The van der Waals surface area contributed by atoms with Crippen LogP contribution in [0.1, 0.15) is 31.8 Å². The van der Waals surface area contributed by atoms with Crippen molar-refractivity contribution in [3.63, 3.8) is 0 Å². The summed E-state index contributed by atoms with van der Waals surface area (Å²) in [6.07, 6.45) is 2.35. The van der Waals surface area contributed by atoms with Crippen molar-refractivity contribution in [2.24, 2.45) is 0 Å². The maximum Gasteiger partial charge on any atom is 0.335 e. The van der Waals surface area contributed by atoms with Crippen LogP contribution in [0, 0.1) is 5.82 Å². The first kappa shape index (κ1) is 13.2. The van der Waals surface area contributed by atoms with Gasteiger partial charge in [0.1, 0.15) is 5.82 Å². The largest absolute Gasteiger partial charge is 0.478 e. The van der Waals surface area contributed by atoms with Gasteiger partial charge in [-0.05, 0) is 29.3 Å². The number of carbonyl (C=O) groups is 2. The molecule has 0 bridgehead atoms. The quantitative estimate of drug-likeness (QED) is 0.917. The highest BCUT2D eigenvalue weighted by Gasteiger charge is 2.25. The minimum atomic E-state index is -1.00. The highest BCUT2D eigenvalue weighted by atomic mass is 19.1. The lowest BCUT2D eigenvalue weighted by molar-refractivity contribution is 0.0696. The predicted octanol–water partition coefficient (Wildman–Crippen LogP) is 2.07. The van der Waals surface area contributed by atoms with E-state index in [1.54, 1.807) is 12.1 Å². The molecule has 1 aromatic carbocycles. The van der Waals surface area contributed by atoms with Crippen LogP contribution >= 0.6 is 0 Å². The maximum absolute atomic E-state index is 13.1. The predicted molar refractivity (Wildman–Crippen MR) is 71.2 cm³/mol. The number of halogens is 1. The fraction of sp³-hybridized carbons (Fsp3) is 0.133. The average molecular weight is 286 g/mol. The van der Waals surface area contributed by atoms with Crippen LogP contribution in [0.25, 0.3) is 0 Å². The van der Waals surface area contributed by atoms with E-state index in [2.05, 4.69) is 4.98 Å². The molecule has 0 saturated carbocycles. The van der Waals surface area contributed by atoms with Crippen LogP contribution < -0.4 is 0 Å². The van der Waals surface area contributed by atoms with E-state index < -0.39 is 11.8 Å². The van der Waals surface area contributed by atoms with Gasteiger partial charge in [-0.3, -0.25) is 9.78 Å². The van der Waals surface area contributed by atoms with Crippen molar-refractivity contribution in [2.45, 2.75) is 13.1 Å². The van der Waals surface area contributed by atoms with Gasteiger partial charge < -0.3 is 10.0 Å². The van der Waals surface area contributed by atoms with Gasteiger partial charge in [0.15, 0.2) is 0 Å². The summed E-state index contributed by atoms with van der Waals surface area (Å²) >= 11 is 0. The summed E-state index contributed by atoms with van der Waals surface area (Å²) < 4.78 is 13.1. The number of amides is 1. The Balaban J connectivity index is 1.84. The number of aromatic nitrogens is 1. The van der Waals surface area contributed by atoms with E-state index in [0.717, 1.165) is 23.4 Å². The molecule has 2 heterocycles. The summed E-state index contributed by atoms with van der Waals surface area (Å²) in [5.74, 6) is -1.89. The van der Waals surface area contributed by atoms with Gasteiger partial charge in [-0.2, -0.15) is 0 Å². The Morgan fingerprint density at radius 3 is 2.57 bits per heavy atom. The fourth-order valence-corrected chi connectivity index (χ4v) is 2.38. The zero-order valence-corrected chi connectivity index (χ0v) is 10.9. The monoisotopic (exact) mass is 286 g/mol. The third-order valence-corrected chi connectivity index (χ3v) is 3.41. The van der Waals surface area contributed by atoms with E-state index in [1.165, 1.54) is 17.2 Å². The van der Waals surface area contributed by atoms with E-state index in [1.807, 2.05) is 0 Å². The molecule has 1 amide bonds. The summed E-state index contributed by atoms with van der Waals surface area (Å²) in [5, 5.41) is 8.97. The standard InChI is InChI=1S/C15H11FN2O3/c16-13-4-11(5-17-6-13)14(19)18-7-10-2-1-9(15(20)21)3-12(10)8-18/h1-6H,7-8H2,(H,20,21). The van der Waals surface area contributed by atoms with Crippen molar-refractivity contribution in [1.82, 2.24) is 9.88 Å². The van der Waals surface area contributed by atoms with Gasteiger partial charge in [-0.15, -0.1) is 0 Å². The first-order valence-electron chi connectivity index (χ1n) is 6.29. The second kappa shape index (κ2) is 4.97. The molecule has 1 aliphatic rings. The third kappa shape index (κ3) is 2.47. The van der Waals surface area contributed by atoms with E-state index in [-0.39, 0.29) is 17.0 Å². The SMILES string of the molecule is O=C(O)c1ccc2c(c1)CN(C(=O)c1cncc(F)c1)C2. The van der Waals surface area contributed by atoms with Gasteiger partial charge >= 0.3 is 5.97 Å². The number of aromatic carboxylic acids is 1. The fourth-order valence-electron chi connectivity index (χ4n) is 2.38. The number of rotatable bonds is 2. The summed E-state index contributed by atoms with van der Waals surface area (Å²) in [5.41, 5.74) is 2.07. The Hall–Kier alpha value is -2.76. The van der Waals surface area contributed by atoms with Gasteiger partial charge in [0.05, 0.1) is 17.3 Å². The molecular formula is C15H11FN2O3. The molecule has 0 spiro atoms. The second-order valence-electron chi connectivity index (χ2n) is 4.84. The molecule has 1 N–H and O–H groups in total. The molecule has 3 rings (SSSR count). The Bertz CT molecular complexity index is 745. The molecular weight excluding hydrogens is 275 g/mol. The van der Waals surface area contributed by atoms with Crippen LogP contribution in [0.5, 0.6) is 0 Å². The Labute approximate surface area is 119 Å². The molecule has 106 valence electrons. The number of benzene rings is 1.